The maximum atomic E-state index is 10.3. The Morgan fingerprint density at radius 2 is 2.20 bits per heavy atom. The van der Waals surface area contributed by atoms with Crippen LogP contribution in [0.15, 0.2) is 11.8 Å². The number of esters is 1. The second-order valence-corrected chi connectivity index (χ2v) is 2.26. The summed E-state index contributed by atoms with van der Waals surface area (Å²) in [5.41, 5.74) is 0. The van der Waals surface area contributed by atoms with Crippen molar-refractivity contribution in [1.82, 2.24) is 0 Å². The molecule has 0 N–H and O–H groups in total. The van der Waals surface area contributed by atoms with Gasteiger partial charge in [-0.2, -0.15) is 0 Å². The predicted octanol–water partition coefficient (Wildman–Crippen LogP) is 2.08. The molecule has 0 radical (unpaired) electrons. The summed E-state index contributed by atoms with van der Waals surface area (Å²) in [6, 6.07) is 0. The molecule has 0 amide bonds. The van der Waals surface area contributed by atoms with E-state index in [1.54, 1.807) is 13.0 Å². The molecule has 0 rings (SSSR count). The van der Waals surface area contributed by atoms with Crippen LogP contribution in [-0.2, 0) is 9.53 Å². The number of hydrogen-bond donors (Lipinski definition) is 0. The number of ether oxygens (including phenoxy) is 1. The van der Waals surface area contributed by atoms with Crippen LogP contribution in [0.4, 0.5) is 0 Å². The number of carbonyl (C=O) groups is 1. The van der Waals surface area contributed by atoms with Crippen LogP contribution >= 0.6 is 11.6 Å². The van der Waals surface area contributed by atoms with E-state index in [1.165, 1.54) is 6.92 Å². The molecule has 58 valence electrons. The maximum Gasteiger partial charge on any atom is 0.307 e. The minimum atomic E-state index is -0.289. The van der Waals surface area contributed by atoms with Crippen molar-refractivity contribution >= 4 is 17.6 Å². The Balaban J connectivity index is 3.59. The Bertz CT molecular complexity index is 141. The summed E-state index contributed by atoms with van der Waals surface area (Å²) in [6.45, 7) is 3.10. The van der Waals surface area contributed by atoms with Gasteiger partial charge in [-0.1, -0.05) is 0 Å². The Morgan fingerprint density at radius 3 is 2.60 bits per heavy atom. The highest BCUT2D eigenvalue weighted by Gasteiger charge is 1.92. The van der Waals surface area contributed by atoms with Crippen LogP contribution in [0.25, 0.3) is 0 Å². The molecule has 3 heteroatoms. The Hall–Kier alpha value is -0.500. The van der Waals surface area contributed by atoms with Gasteiger partial charge < -0.3 is 4.74 Å². The SMILES string of the molecule is CC(=O)O/C(C)=C/CCCl. The van der Waals surface area contributed by atoms with Gasteiger partial charge in [0.1, 0.15) is 5.76 Å². The number of carbonyl (C=O) groups excluding carboxylic acids is 1. The zero-order valence-electron chi connectivity index (χ0n) is 6.19. The highest BCUT2D eigenvalue weighted by molar-refractivity contribution is 6.17. The third-order valence-corrected chi connectivity index (χ3v) is 1.06. The summed E-state index contributed by atoms with van der Waals surface area (Å²) >= 11 is 5.40. The standard InChI is InChI=1S/C7H11ClO2/c1-6(4-3-5-8)10-7(2)9/h4H,3,5H2,1-2H3/b6-4+. The van der Waals surface area contributed by atoms with E-state index >= 15 is 0 Å². The first-order valence-electron chi connectivity index (χ1n) is 3.08. The lowest BCUT2D eigenvalue weighted by Crippen LogP contribution is -1.95. The van der Waals surface area contributed by atoms with E-state index in [0.717, 1.165) is 6.42 Å². The normalized spacial score (nSPS) is 11.3. The fourth-order valence-corrected chi connectivity index (χ4v) is 0.635. The van der Waals surface area contributed by atoms with Gasteiger partial charge in [-0.25, -0.2) is 0 Å². The number of rotatable bonds is 3. The van der Waals surface area contributed by atoms with Crippen molar-refractivity contribution in [2.75, 3.05) is 5.88 Å². The van der Waals surface area contributed by atoms with Crippen LogP contribution in [0, 0.1) is 0 Å². The predicted molar refractivity (Wildman–Crippen MR) is 40.9 cm³/mol. The third-order valence-electron chi connectivity index (χ3n) is 0.846. The molecule has 0 aromatic carbocycles. The van der Waals surface area contributed by atoms with Crippen LogP contribution in [0.3, 0.4) is 0 Å². The molecule has 0 aliphatic heterocycles. The molecule has 0 aromatic heterocycles. The average Bonchev–Trinajstić information content (AvgIpc) is 1.82. The van der Waals surface area contributed by atoms with Crippen molar-refractivity contribution in [3.05, 3.63) is 11.8 Å². The zero-order valence-corrected chi connectivity index (χ0v) is 6.94. The van der Waals surface area contributed by atoms with Crippen LogP contribution in [0.2, 0.25) is 0 Å². The van der Waals surface area contributed by atoms with Gasteiger partial charge in [0.25, 0.3) is 0 Å². The van der Waals surface area contributed by atoms with Gasteiger partial charge in [-0.05, 0) is 19.4 Å². The summed E-state index contributed by atoms with van der Waals surface area (Å²) in [4.78, 5) is 10.3. The molecule has 0 heterocycles. The van der Waals surface area contributed by atoms with Crippen LogP contribution in [0.1, 0.15) is 20.3 Å². The molecule has 10 heavy (non-hydrogen) atoms. The molecule has 0 aromatic rings. The first kappa shape index (κ1) is 9.50. The Morgan fingerprint density at radius 1 is 1.60 bits per heavy atom. The molecule has 0 fully saturated rings. The van der Waals surface area contributed by atoms with E-state index in [1.807, 2.05) is 0 Å². The smallest absolute Gasteiger partial charge is 0.307 e. The third kappa shape index (κ3) is 5.63. The van der Waals surface area contributed by atoms with E-state index in [2.05, 4.69) is 0 Å². The molecular formula is C7H11ClO2. The summed E-state index contributed by atoms with van der Waals surface area (Å²) in [6.07, 6.45) is 2.52. The molecule has 0 bridgehead atoms. The van der Waals surface area contributed by atoms with Crippen LogP contribution < -0.4 is 0 Å². The minimum absolute atomic E-state index is 0.289. The van der Waals surface area contributed by atoms with E-state index in [9.17, 15) is 4.79 Å². The van der Waals surface area contributed by atoms with Gasteiger partial charge in [0.15, 0.2) is 0 Å². The van der Waals surface area contributed by atoms with Crippen molar-refractivity contribution in [2.24, 2.45) is 0 Å². The molecule has 0 saturated heterocycles. The molecule has 0 aliphatic carbocycles. The fraction of sp³-hybridized carbons (Fsp3) is 0.571. The fourth-order valence-electron chi connectivity index (χ4n) is 0.526. The Labute approximate surface area is 65.8 Å². The first-order valence-corrected chi connectivity index (χ1v) is 3.61. The lowest BCUT2D eigenvalue weighted by Gasteiger charge is -1.98. The monoisotopic (exact) mass is 162 g/mol. The molecular weight excluding hydrogens is 152 g/mol. The van der Waals surface area contributed by atoms with Gasteiger partial charge in [0, 0.05) is 12.8 Å². The minimum Gasteiger partial charge on any atom is -0.432 e. The second kappa shape index (κ2) is 5.30. The quantitative estimate of drug-likeness (QED) is 0.361. The molecule has 0 atom stereocenters. The van der Waals surface area contributed by atoms with Crippen molar-refractivity contribution in [3.8, 4) is 0 Å². The lowest BCUT2D eigenvalue weighted by atomic mass is 10.4. The molecule has 0 unspecified atom stereocenters. The second-order valence-electron chi connectivity index (χ2n) is 1.89. The van der Waals surface area contributed by atoms with Gasteiger partial charge in [0.2, 0.25) is 0 Å². The Kier molecular flexibility index (Phi) is 5.03. The van der Waals surface area contributed by atoms with Crippen molar-refractivity contribution in [3.63, 3.8) is 0 Å². The first-order chi connectivity index (χ1) is 4.66. The van der Waals surface area contributed by atoms with E-state index in [0.29, 0.717) is 11.6 Å². The highest BCUT2D eigenvalue weighted by atomic mass is 35.5. The topological polar surface area (TPSA) is 26.3 Å². The molecule has 0 spiro atoms. The summed E-state index contributed by atoms with van der Waals surface area (Å²) < 4.78 is 4.72. The number of alkyl halides is 1. The van der Waals surface area contributed by atoms with Gasteiger partial charge >= 0.3 is 5.97 Å². The largest absolute Gasteiger partial charge is 0.432 e. The summed E-state index contributed by atoms with van der Waals surface area (Å²) in [5, 5.41) is 0. The van der Waals surface area contributed by atoms with Crippen LogP contribution in [0.5, 0.6) is 0 Å². The maximum absolute atomic E-state index is 10.3. The molecule has 0 saturated carbocycles. The summed E-state index contributed by atoms with van der Waals surface area (Å²) in [5.74, 6) is 0.884. The van der Waals surface area contributed by atoms with E-state index < -0.39 is 0 Å². The van der Waals surface area contributed by atoms with Gasteiger partial charge in [-0.3, -0.25) is 4.79 Å². The van der Waals surface area contributed by atoms with E-state index in [-0.39, 0.29) is 5.97 Å². The number of hydrogen-bond acceptors (Lipinski definition) is 2. The molecule has 0 aliphatic rings. The summed E-state index contributed by atoms with van der Waals surface area (Å²) in [7, 11) is 0. The van der Waals surface area contributed by atoms with Crippen molar-refractivity contribution < 1.29 is 9.53 Å². The molecule has 2 nitrogen and oxygen atoms in total. The van der Waals surface area contributed by atoms with Gasteiger partial charge in [0.05, 0.1) is 0 Å². The zero-order chi connectivity index (χ0) is 7.98. The van der Waals surface area contributed by atoms with Crippen LogP contribution in [-0.4, -0.2) is 11.8 Å². The highest BCUT2D eigenvalue weighted by Crippen LogP contribution is 1.98. The van der Waals surface area contributed by atoms with Gasteiger partial charge in [-0.15, -0.1) is 11.6 Å². The van der Waals surface area contributed by atoms with E-state index in [4.69, 9.17) is 16.3 Å². The average molecular weight is 163 g/mol. The lowest BCUT2D eigenvalue weighted by molar-refractivity contribution is -0.136. The number of allylic oxidation sites excluding steroid dienone is 2. The number of halogens is 1. The van der Waals surface area contributed by atoms with Crippen molar-refractivity contribution in [1.29, 1.82) is 0 Å². The van der Waals surface area contributed by atoms with Crippen molar-refractivity contribution in [2.45, 2.75) is 20.3 Å².